The molecule has 0 spiro atoms. The fourth-order valence-corrected chi connectivity index (χ4v) is 12.3. The van der Waals surface area contributed by atoms with E-state index in [4.69, 9.17) is 19.4 Å². The molecule has 7 aromatic carbocycles. The first-order chi connectivity index (χ1) is 24.8. The van der Waals surface area contributed by atoms with Crippen LogP contribution in [0.4, 0.5) is 0 Å². The second-order valence-electron chi connectivity index (χ2n) is 12.4. The number of hydrogen-bond acceptors (Lipinski definition) is 4. The Bertz CT molecular complexity index is 2490. The van der Waals surface area contributed by atoms with Gasteiger partial charge in [-0.2, -0.15) is 0 Å². The van der Waals surface area contributed by atoms with Crippen molar-refractivity contribution >= 4 is 50.8 Å². The molecule has 9 aromatic rings. The molecule has 4 nitrogen and oxygen atoms in total. The maximum Gasteiger partial charge on any atom is 0.180 e. The fraction of sp³-hybridized carbons (Fsp3) is 0. The van der Waals surface area contributed by atoms with E-state index in [1.807, 2.05) is 66.7 Å². The van der Waals surface area contributed by atoms with Gasteiger partial charge in [0.15, 0.2) is 25.5 Å². The van der Waals surface area contributed by atoms with Crippen molar-refractivity contribution in [3.63, 3.8) is 0 Å². The molecule has 2 aromatic heterocycles. The molecule has 236 valence electrons. The number of furan rings is 1. The van der Waals surface area contributed by atoms with Crippen molar-refractivity contribution < 1.29 is 4.42 Å². The molecule has 0 bridgehead atoms. The Morgan fingerprint density at radius 2 is 0.800 bits per heavy atom. The minimum atomic E-state index is -3.00. The summed E-state index contributed by atoms with van der Waals surface area (Å²) in [5.74, 6) is 1.92. The Hall–Kier alpha value is -6.43. The zero-order valence-electron chi connectivity index (χ0n) is 27.1. The third kappa shape index (κ3) is 5.03. The van der Waals surface area contributed by atoms with Crippen LogP contribution in [-0.2, 0) is 0 Å². The van der Waals surface area contributed by atoms with E-state index in [1.54, 1.807) is 0 Å². The van der Waals surface area contributed by atoms with Crippen molar-refractivity contribution in [3.05, 3.63) is 188 Å². The SMILES string of the molecule is c1ccc(-c2nc(-c3ccccc3)nc(-c3cccc([Si](c4ccccc4)(c4ccccc4)c4cccc5oc6ccccc6c45)c3)n2)cc1. The second-order valence-corrected chi connectivity index (χ2v) is 16.1. The fourth-order valence-electron chi connectivity index (χ4n) is 7.26. The minimum Gasteiger partial charge on any atom is -0.456 e. The standard InChI is InChI=1S/C45H31N3OSi/c1-5-17-32(18-6-1)43-46-44(33-19-7-2-8-20-33)48-45(47-43)34-21-15-26-37(31-34)50(35-22-9-3-10-23-35,36-24-11-4-12-25-36)41-30-16-29-40-42(41)38-27-13-14-28-39(38)49-40/h1-31H. The molecule has 5 heteroatoms. The predicted octanol–water partition coefficient (Wildman–Crippen LogP) is 8.15. The summed E-state index contributed by atoms with van der Waals surface area (Å²) in [4.78, 5) is 15.1. The lowest BCUT2D eigenvalue weighted by Gasteiger charge is -2.35. The first-order valence-corrected chi connectivity index (χ1v) is 18.8. The van der Waals surface area contributed by atoms with Crippen molar-refractivity contribution in [1.82, 2.24) is 15.0 Å². The molecule has 0 saturated heterocycles. The number of rotatable bonds is 7. The summed E-state index contributed by atoms with van der Waals surface area (Å²) in [5, 5.41) is 7.35. The largest absolute Gasteiger partial charge is 0.456 e. The molecule has 0 saturated carbocycles. The third-order valence-corrected chi connectivity index (χ3v) is 14.3. The van der Waals surface area contributed by atoms with E-state index < -0.39 is 8.07 Å². The molecule has 50 heavy (non-hydrogen) atoms. The van der Waals surface area contributed by atoms with Crippen LogP contribution in [0, 0.1) is 0 Å². The van der Waals surface area contributed by atoms with E-state index >= 15 is 0 Å². The first kappa shape index (κ1) is 29.7. The quantitative estimate of drug-likeness (QED) is 0.128. The van der Waals surface area contributed by atoms with Crippen LogP contribution in [0.5, 0.6) is 0 Å². The van der Waals surface area contributed by atoms with Gasteiger partial charge in [-0.3, -0.25) is 0 Å². The van der Waals surface area contributed by atoms with E-state index in [1.165, 1.54) is 20.7 Å². The Morgan fingerprint density at radius 3 is 1.40 bits per heavy atom. The maximum atomic E-state index is 6.49. The maximum absolute atomic E-state index is 6.49. The van der Waals surface area contributed by atoms with Crippen molar-refractivity contribution in [3.8, 4) is 34.2 Å². The van der Waals surface area contributed by atoms with E-state index in [-0.39, 0.29) is 0 Å². The van der Waals surface area contributed by atoms with Crippen molar-refractivity contribution in [2.45, 2.75) is 0 Å². The average Bonchev–Trinajstić information content (AvgIpc) is 3.59. The smallest absolute Gasteiger partial charge is 0.180 e. The van der Waals surface area contributed by atoms with Crippen LogP contribution in [0.25, 0.3) is 56.1 Å². The summed E-state index contributed by atoms with van der Waals surface area (Å²) >= 11 is 0. The van der Waals surface area contributed by atoms with E-state index in [0.717, 1.165) is 38.6 Å². The summed E-state index contributed by atoms with van der Waals surface area (Å²) in [6.07, 6.45) is 0. The Kier molecular flexibility index (Phi) is 7.45. The lowest BCUT2D eigenvalue weighted by atomic mass is 10.1. The monoisotopic (exact) mass is 657 g/mol. The number of benzene rings is 7. The molecule has 0 atom stereocenters. The highest BCUT2D eigenvalue weighted by Crippen LogP contribution is 2.30. The average molecular weight is 658 g/mol. The van der Waals surface area contributed by atoms with Crippen LogP contribution in [-0.4, -0.2) is 23.0 Å². The van der Waals surface area contributed by atoms with Gasteiger partial charge in [-0.05, 0) is 32.9 Å². The zero-order valence-corrected chi connectivity index (χ0v) is 28.1. The Morgan fingerprint density at radius 1 is 0.360 bits per heavy atom. The number of hydrogen-bond donors (Lipinski definition) is 0. The van der Waals surface area contributed by atoms with Crippen LogP contribution in [0.1, 0.15) is 0 Å². The molecule has 0 aliphatic carbocycles. The van der Waals surface area contributed by atoms with Gasteiger partial charge in [0.2, 0.25) is 0 Å². The van der Waals surface area contributed by atoms with Gasteiger partial charge in [0.1, 0.15) is 11.2 Å². The van der Waals surface area contributed by atoms with Gasteiger partial charge in [0.05, 0.1) is 0 Å². The van der Waals surface area contributed by atoms with Gasteiger partial charge in [-0.25, -0.2) is 15.0 Å². The second kappa shape index (κ2) is 12.5. The van der Waals surface area contributed by atoms with Crippen molar-refractivity contribution in [1.29, 1.82) is 0 Å². The van der Waals surface area contributed by atoms with E-state index in [2.05, 4.69) is 121 Å². The molecule has 0 N–H and O–H groups in total. The number of nitrogens with zero attached hydrogens (tertiary/aromatic N) is 3. The number of fused-ring (bicyclic) bond motifs is 3. The van der Waals surface area contributed by atoms with Gasteiger partial charge < -0.3 is 4.42 Å². The summed E-state index contributed by atoms with van der Waals surface area (Å²) in [7, 11) is -3.00. The predicted molar refractivity (Wildman–Crippen MR) is 207 cm³/mol. The van der Waals surface area contributed by atoms with Gasteiger partial charge in [-0.15, -0.1) is 0 Å². The molecule has 0 amide bonds. The molecular weight excluding hydrogens is 627 g/mol. The lowest BCUT2D eigenvalue weighted by molar-refractivity contribution is 0.669. The highest BCUT2D eigenvalue weighted by molar-refractivity contribution is 7.20. The van der Waals surface area contributed by atoms with E-state index in [9.17, 15) is 0 Å². The van der Waals surface area contributed by atoms with Crippen LogP contribution in [0.3, 0.4) is 0 Å². The first-order valence-electron chi connectivity index (χ1n) is 16.8. The summed E-state index contributed by atoms with van der Waals surface area (Å²) in [6, 6.07) is 66.0. The molecule has 2 heterocycles. The molecule has 0 radical (unpaired) electrons. The molecular formula is C45H31N3OSi. The molecule has 0 fully saturated rings. The van der Waals surface area contributed by atoms with Crippen molar-refractivity contribution in [2.75, 3.05) is 0 Å². The highest BCUT2D eigenvalue weighted by atomic mass is 28.3. The number of para-hydroxylation sites is 1. The molecule has 0 unspecified atom stereocenters. The van der Waals surface area contributed by atoms with Crippen molar-refractivity contribution in [2.24, 2.45) is 0 Å². The summed E-state index contributed by atoms with van der Waals surface area (Å²) in [5.41, 5.74) is 4.61. The van der Waals surface area contributed by atoms with Crippen LogP contribution < -0.4 is 20.7 Å². The van der Waals surface area contributed by atoms with Gasteiger partial charge >= 0.3 is 0 Å². The Labute approximate surface area is 291 Å². The molecule has 0 aliphatic heterocycles. The summed E-state index contributed by atoms with van der Waals surface area (Å²) < 4.78 is 6.49. The van der Waals surface area contributed by atoms with Crippen LogP contribution in [0.15, 0.2) is 192 Å². The van der Waals surface area contributed by atoms with Crippen LogP contribution in [0.2, 0.25) is 0 Å². The topological polar surface area (TPSA) is 51.8 Å². The lowest BCUT2D eigenvalue weighted by Crippen LogP contribution is -2.74. The Balaban J connectivity index is 1.35. The number of aromatic nitrogens is 3. The van der Waals surface area contributed by atoms with Gasteiger partial charge in [0.25, 0.3) is 0 Å². The van der Waals surface area contributed by atoms with E-state index in [0.29, 0.717) is 17.5 Å². The minimum absolute atomic E-state index is 0.635. The zero-order chi connectivity index (χ0) is 33.3. The molecule has 0 aliphatic rings. The van der Waals surface area contributed by atoms with Gasteiger partial charge in [-0.1, -0.05) is 176 Å². The van der Waals surface area contributed by atoms with Crippen LogP contribution >= 0.6 is 0 Å². The normalized spacial score (nSPS) is 11.6. The van der Waals surface area contributed by atoms with Gasteiger partial charge in [0, 0.05) is 27.5 Å². The highest BCUT2D eigenvalue weighted by Gasteiger charge is 2.43. The summed E-state index contributed by atoms with van der Waals surface area (Å²) in [6.45, 7) is 0. The molecule has 9 rings (SSSR count). The third-order valence-electron chi connectivity index (χ3n) is 9.47.